The zero-order valence-electron chi connectivity index (χ0n) is 19.2. The van der Waals surface area contributed by atoms with E-state index in [9.17, 15) is 9.59 Å². The molecule has 0 unspecified atom stereocenters. The minimum Gasteiger partial charge on any atom is -0.461 e. The van der Waals surface area contributed by atoms with E-state index in [4.69, 9.17) is 14.2 Å². The number of hydrogen-bond acceptors (Lipinski definition) is 7. The van der Waals surface area contributed by atoms with Crippen LogP contribution in [0.2, 0.25) is 0 Å². The van der Waals surface area contributed by atoms with Crippen LogP contribution in [0.4, 0.5) is 0 Å². The number of fused-ring (bicyclic) bond motifs is 1. The predicted molar refractivity (Wildman–Crippen MR) is 129 cm³/mol. The van der Waals surface area contributed by atoms with Gasteiger partial charge in [-0.1, -0.05) is 23.4 Å². The normalized spacial score (nSPS) is 14.6. The van der Waals surface area contributed by atoms with E-state index in [1.165, 1.54) is 0 Å². The van der Waals surface area contributed by atoms with Crippen molar-refractivity contribution in [2.75, 3.05) is 19.7 Å². The lowest BCUT2D eigenvalue weighted by Gasteiger charge is -2.31. The lowest BCUT2D eigenvalue weighted by atomic mass is 9.96. The molecule has 9 heteroatoms. The SMILES string of the molecule is CCOC(=O)c1cc(-c2csc(C3CCN(C(=O)Cc4c(C)[nH]c5ccccc45)CC3)n2)on1. The highest BCUT2D eigenvalue weighted by atomic mass is 32.1. The molecule has 8 nitrogen and oxygen atoms in total. The largest absolute Gasteiger partial charge is 0.461 e. The van der Waals surface area contributed by atoms with Crippen LogP contribution in [0.5, 0.6) is 0 Å². The van der Waals surface area contributed by atoms with Crippen LogP contribution in [0.1, 0.15) is 52.4 Å². The van der Waals surface area contributed by atoms with E-state index in [2.05, 4.69) is 16.2 Å². The number of aromatic amines is 1. The molecule has 5 rings (SSSR count). The van der Waals surface area contributed by atoms with Crippen LogP contribution in [0.3, 0.4) is 0 Å². The van der Waals surface area contributed by atoms with Crippen LogP contribution >= 0.6 is 11.3 Å². The Hall–Kier alpha value is -3.46. The van der Waals surface area contributed by atoms with Gasteiger partial charge in [-0.25, -0.2) is 9.78 Å². The van der Waals surface area contributed by atoms with Crippen molar-refractivity contribution >= 4 is 34.1 Å². The highest BCUT2D eigenvalue weighted by Crippen LogP contribution is 2.33. The molecule has 0 aliphatic carbocycles. The number of ether oxygens (including phenoxy) is 1. The van der Waals surface area contributed by atoms with Crippen molar-refractivity contribution in [3.63, 3.8) is 0 Å². The van der Waals surface area contributed by atoms with Gasteiger partial charge in [0.2, 0.25) is 5.91 Å². The second-order valence-corrected chi connectivity index (χ2v) is 9.36. The first kappa shape index (κ1) is 22.3. The van der Waals surface area contributed by atoms with Crippen LogP contribution in [-0.2, 0) is 16.0 Å². The first-order valence-corrected chi connectivity index (χ1v) is 12.3. The van der Waals surface area contributed by atoms with E-state index in [1.807, 2.05) is 35.4 Å². The number of hydrogen-bond donors (Lipinski definition) is 1. The molecular formula is C25H26N4O4S. The number of carbonyl (C=O) groups excluding carboxylic acids is 2. The number of aryl methyl sites for hydroxylation is 1. The molecule has 0 radical (unpaired) electrons. The van der Waals surface area contributed by atoms with E-state index in [-0.39, 0.29) is 18.2 Å². The Morgan fingerprint density at radius 2 is 2.06 bits per heavy atom. The van der Waals surface area contributed by atoms with Gasteiger partial charge in [-0.3, -0.25) is 4.79 Å². The standard InChI is InChI=1S/C25H26N4O4S/c1-3-32-25(31)20-13-22(33-28-20)21-14-34-24(27-21)16-8-10-29(11-9-16)23(30)12-18-15(2)26-19-7-5-4-6-17(18)19/h4-7,13-14,16,26H,3,8-12H2,1-2H3. The summed E-state index contributed by atoms with van der Waals surface area (Å²) >= 11 is 1.57. The molecule has 0 saturated carbocycles. The smallest absolute Gasteiger partial charge is 0.360 e. The molecular weight excluding hydrogens is 452 g/mol. The number of benzene rings is 1. The average Bonchev–Trinajstić information content (AvgIpc) is 3.59. The van der Waals surface area contributed by atoms with Crippen molar-refractivity contribution in [2.45, 2.75) is 39.0 Å². The van der Waals surface area contributed by atoms with E-state index in [1.54, 1.807) is 24.3 Å². The van der Waals surface area contributed by atoms with Gasteiger partial charge in [0.15, 0.2) is 11.5 Å². The van der Waals surface area contributed by atoms with Gasteiger partial charge < -0.3 is 19.1 Å². The summed E-state index contributed by atoms with van der Waals surface area (Å²) in [5.74, 6) is 0.407. The molecule has 1 fully saturated rings. The van der Waals surface area contributed by atoms with Gasteiger partial charge in [0.1, 0.15) is 5.69 Å². The Morgan fingerprint density at radius 3 is 2.85 bits per heavy atom. The van der Waals surface area contributed by atoms with Crippen LogP contribution in [0, 0.1) is 6.92 Å². The molecule has 176 valence electrons. The fraction of sp³-hybridized carbons (Fsp3) is 0.360. The highest BCUT2D eigenvalue weighted by molar-refractivity contribution is 7.10. The van der Waals surface area contributed by atoms with Crippen molar-refractivity contribution in [3.05, 3.63) is 57.7 Å². The predicted octanol–water partition coefficient (Wildman–Crippen LogP) is 4.71. The molecule has 1 amide bonds. The first-order chi connectivity index (χ1) is 16.5. The van der Waals surface area contributed by atoms with Gasteiger partial charge in [-0.15, -0.1) is 11.3 Å². The van der Waals surface area contributed by atoms with E-state index >= 15 is 0 Å². The van der Waals surface area contributed by atoms with Gasteiger partial charge in [0.25, 0.3) is 0 Å². The zero-order valence-corrected chi connectivity index (χ0v) is 20.0. The minimum absolute atomic E-state index is 0.142. The fourth-order valence-electron chi connectivity index (χ4n) is 4.49. The molecule has 0 bridgehead atoms. The first-order valence-electron chi connectivity index (χ1n) is 11.5. The second-order valence-electron chi connectivity index (χ2n) is 8.47. The van der Waals surface area contributed by atoms with Crippen LogP contribution in [0.25, 0.3) is 22.4 Å². The van der Waals surface area contributed by atoms with Gasteiger partial charge in [-0.2, -0.15) is 0 Å². The number of thiazole rings is 1. The summed E-state index contributed by atoms with van der Waals surface area (Å²) in [6.07, 6.45) is 2.16. The summed E-state index contributed by atoms with van der Waals surface area (Å²) in [6, 6.07) is 9.68. The Labute approximate surface area is 200 Å². The van der Waals surface area contributed by atoms with Crippen LogP contribution in [0.15, 0.2) is 40.2 Å². The number of piperidine rings is 1. The molecule has 3 aromatic heterocycles. The maximum Gasteiger partial charge on any atom is 0.360 e. The quantitative estimate of drug-likeness (QED) is 0.403. The average molecular weight is 479 g/mol. The number of carbonyl (C=O) groups is 2. The maximum atomic E-state index is 13.0. The van der Waals surface area contributed by atoms with Crippen molar-refractivity contribution in [3.8, 4) is 11.5 Å². The lowest BCUT2D eigenvalue weighted by molar-refractivity contribution is -0.131. The Bertz CT molecular complexity index is 1330. The van der Waals surface area contributed by atoms with Crippen LogP contribution in [-0.4, -0.2) is 51.6 Å². The summed E-state index contributed by atoms with van der Waals surface area (Å²) < 4.78 is 10.2. The van der Waals surface area contributed by atoms with Gasteiger partial charge in [0, 0.05) is 47.1 Å². The molecule has 1 N–H and O–H groups in total. The third-order valence-corrected chi connectivity index (χ3v) is 7.33. The third kappa shape index (κ3) is 4.35. The number of rotatable bonds is 6. The number of amides is 1. The van der Waals surface area contributed by atoms with Crippen molar-refractivity contribution in [1.82, 2.24) is 20.0 Å². The van der Waals surface area contributed by atoms with Gasteiger partial charge >= 0.3 is 5.97 Å². The molecule has 1 saturated heterocycles. The van der Waals surface area contributed by atoms with Crippen molar-refractivity contribution in [1.29, 1.82) is 0 Å². The molecule has 34 heavy (non-hydrogen) atoms. The topological polar surface area (TPSA) is 101 Å². The summed E-state index contributed by atoms with van der Waals surface area (Å²) in [5.41, 5.74) is 4.02. The highest BCUT2D eigenvalue weighted by Gasteiger charge is 2.27. The Kier molecular flexibility index (Phi) is 6.19. The van der Waals surface area contributed by atoms with E-state index in [0.29, 0.717) is 23.8 Å². The molecule has 1 aliphatic heterocycles. The number of H-pyrrole nitrogens is 1. The number of nitrogens with one attached hydrogen (secondary N) is 1. The summed E-state index contributed by atoms with van der Waals surface area (Å²) in [6.45, 7) is 5.49. The van der Waals surface area contributed by atoms with E-state index in [0.717, 1.165) is 53.1 Å². The van der Waals surface area contributed by atoms with Gasteiger partial charge in [-0.05, 0) is 38.3 Å². The molecule has 1 aromatic carbocycles. The summed E-state index contributed by atoms with van der Waals surface area (Å²) in [4.78, 5) is 34.9. The monoisotopic (exact) mass is 478 g/mol. The molecule has 1 aliphatic rings. The van der Waals surface area contributed by atoms with Crippen molar-refractivity contribution in [2.24, 2.45) is 0 Å². The third-order valence-electron chi connectivity index (χ3n) is 6.32. The Morgan fingerprint density at radius 1 is 1.26 bits per heavy atom. The van der Waals surface area contributed by atoms with E-state index < -0.39 is 5.97 Å². The molecule has 0 atom stereocenters. The lowest BCUT2D eigenvalue weighted by Crippen LogP contribution is -2.38. The number of likely N-dealkylation sites (tertiary alicyclic amines) is 1. The van der Waals surface area contributed by atoms with Crippen molar-refractivity contribution < 1.29 is 18.8 Å². The Balaban J connectivity index is 1.20. The molecule has 4 heterocycles. The van der Waals surface area contributed by atoms with Crippen LogP contribution < -0.4 is 0 Å². The summed E-state index contributed by atoms with van der Waals surface area (Å²) in [5, 5.41) is 7.84. The summed E-state index contributed by atoms with van der Waals surface area (Å²) in [7, 11) is 0. The minimum atomic E-state index is -0.507. The molecule has 0 spiro atoms. The molecule has 4 aromatic rings. The fourth-order valence-corrected chi connectivity index (χ4v) is 5.47. The number of aromatic nitrogens is 3. The number of esters is 1. The zero-order chi connectivity index (χ0) is 23.7. The maximum absolute atomic E-state index is 13.0. The number of nitrogens with zero attached hydrogens (tertiary/aromatic N) is 3. The van der Waals surface area contributed by atoms with Gasteiger partial charge in [0.05, 0.1) is 18.0 Å². The second kappa shape index (κ2) is 9.42. The number of para-hydroxylation sites is 1.